The van der Waals surface area contributed by atoms with E-state index >= 15 is 0 Å². The molecule has 8 nitrogen and oxygen atoms in total. The summed E-state index contributed by atoms with van der Waals surface area (Å²) in [5.74, 6) is -0.101. The number of hydrogen-bond donors (Lipinski definition) is 2. The fraction of sp³-hybridized carbons (Fsp3) is 0.682. The zero-order valence-electron chi connectivity index (χ0n) is 18.2. The minimum atomic E-state index is -0.388. The molecule has 31 heavy (non-hydrogen) atoms. The van der Waals surface area contributed by atoms with Gasteiger partial charge >= 0.3 is 0 Å². The molecule has 1 unspecified atom stereocenters. The van der Waals surface area contributed by atoms with E-state index in [4.69, 9.17) is 4.74 Å². The third kappa shape index (κ3) is 3.82. The van der Waals surface area contributed by atoms with Crippen molar-refractivity contribution in [3.63, 3.8) is 0 Å². The number of amides is 1. The van der Waals surface area contributed by atoms with Gasteiger partial charge in [-0.2, -0.15) is 0 Å². The molecule has 5 heterocycles. The summed E-state index contributed by atoms with van der Waals surface area (Å²) in [5.41, 5.74) is 2.16. The molecule has 0 aromatic carbocycles. The van der Waals surface area contributed by atoms with Crippen LogP contribution in [0.25, 0.3) is 0 Å². The fourth-order valence-corrected chi connectivity index (χ4v) is 6.52. The van der Waals surface area contributed by atoms with Gasteiger partial charge in [0.25, 0.3) is 0 Å². The Bertz CT molecular complexity index is 959. The van der Waals surface area contributed by atoms with Gasteiger partial charge in [-0.15, -0.1) is 16.4 Å². The lowest BCUT2D eigenvalue weighted by atomic mass is 9.79. The molecule has 2 saturated heterocycles. The summed E-state index contributed by atoms with van der Waals surface area (Å²) in [7, 11) is 0. The molecule has 0 bridgehead atoms. The van der Waals surface area contributed by atoms with Crippen LogP contribution in [0.4, 0.5) is 0 Å². The number of likely N-dealkylation sites (tertiary alicyclic amines) is 1. The number of piperidine rings is 1. The number of carbonyl (C=O) groups is 1. The van der Waals surface area contributed by atoms with E-state index in [0.717, 1.165) is 44.5 Å². The SMILES string of the molecule is CCc1cc2c(s1)CCO[C@@]21CCN(Cc2cn(C3C[C@@H](CO)NC3=O)nn2)[C@@H](C)C1. The predicted molar refractivity (Wildman–Crippen MR) is 117 cm³/mol. The van der Waals surface area contributed by atoms with Crippen LogP contribution >= 0.6 is 11.3 Å². The van der Waals surface area contributed by atoms with Crippen LogP contribution in [-0.4, -0.2) is 62.7 Å². The Morgan fingerprint density at radius 2 is 2.32 bits per heavy atom. The maximum Gasteiger partial charge on any atom is 0.245 e. The molecule has 2 fully saturated rings. The van der Waals surface area contributed by atoms with Gasteiger partial charge in [-0.3, -0.25) is 9.69 Å². The van der Waals surface area contributed by atoms with Crippen molar-refractivity contribution in [1.29, 1.82) is 0 Å². The van der Waals surface area contributed by atoms with Crippen molar-refractivity contribution < 1.29 is 14.6 Å². The quantitative estimate of drug-likeness (QED) is 0.729. The minimum absolute atomic E-state index is 0.0511. The number of aryl methyl sites for hydroxylation is 1. The Morgan fingerprint density at radius 3 is 3.06 bits per heavy atom. The molecule has 9 heteroatoms. The highest BCUT2D eigenvalue weighted by atomic mass is 32.1. The van der Waals surface area contributed by atoms with Crippen molar-refractivity contribution in [2.24, 2.45) is 0 Å². The number of fused-ring (bicyclic) bond motifs is 2. The van der Waals surface area contributed by atoms with Crippen LogP contribution in [0, 0.1) is 0 Å². The fourth-order valence-electron chi connectivity index (χ4n) is 5.34. The summed E-state index contributed by atoms with van der Waals surface area (Å²) in [6.45, 7) is 6.92. The Balaban J connectivity index is 1.26. The molecule has 5 rings (SSSR count). The van der Waals surface area contributed by atoms with E-state index in [1.54, 1.807) is 4.68 Å². The number of thiophene rings is 1. The number of nitrogens with one attached hydrogen (secondary N) is 1. The molecule has 2 aromatic rings. The number of rotatable bonds is 5. The zero-order chi connectivity index (χ0) is 21.6. The van der Waals surface area contributed by atoms with Gasteiger partial charge in [0.2, 0.25) is 5.91 Å². The van der Waals surface area contributed by atoms with E-state index < -0.39 is 0 Å². The maximum atomic E-state index is 12.2. The van der Waals surface area contributed by atoms with Gasteiger partial charge in [0, 0.05) is 41.7 Å². The number of ether oxygens (including phenoxy) is 1. The summed E-state index contributed by atoms with van der Waals surface area (Å²) >= 11 is 1.96. The highest BCUT2D eigenvalue weighted by Gasteiger charge is 2.44. The van der Waals surface area contributed by atoms with Gasteiger partial charge in [-0.1, -0.05) is 12.1 Å². The van der Waals surface area contributed by atoms with Crippen LogP contribution in [0.3, 0.4) is 0 Å². The van der Waals surface area contributed by atoms with Crippen LogP contribution in [0.2, 0.25) is 0 Å². The molecule has 4 atom stereocenters. The number of aliphatic hydroxyl groups excluding tert-OH is 1. The van der Waals surface area contributed by atoms with Crippen LogP contribution in [0.5, 0.6) is 0 Å². The predicted octanol–water partition coefficient (Wildman–Crippen LogP) is 1.78. The van der Waals surface area contributed by atoms with Gasteiger partial charge in [0.1, 0.15) is 6.04 Å². The lowest BCUT2D eigenvalue weighted by Crippen LogP contribution is -2.50. The molecule has 3 aliphatic rings. The minimum Gasteiger partial charge on any atom is -0.394 e. The topological polar surface area (TPSA) is 92.5 Å². The molecule has 0 aliphatic carbocycles. The van der Waals surface area contributed by atoms with Gasteiger partial charge < -0.3 is 15.2 Å². The van der Waals surface area contributed by atoms with Crippen LogP contribution in [0.15, 0.2) is 12.3 Å². The molecule has 1 amide bonds. The second-order valence-corrected chi connectivity index (χ2v) is 10.3. The lowest BCUT2D eigenvalue weighted by molar-refractivity contribution is -0.122. The molecule has 168 valence electrons. The Morgan fingerprint density at radius 1 is 1.45 bits per heavy atom. The molecule has 0 saturated carbocycles. The van der Waals surface area contributed by atoms with Crippen molar-refractivity contribution in [2.75, 3.05) is 19.8 Å². The first kappa shape index (κ1) is 21.1. The van der Waals surface area contributed by atoms with Crippen molar-refractivity contribution in [3.8, 4) is 0 Å². The van der Waals surface area contributed by atoms with Crippen LogP contribution in [-0.2, 0) is 34.5 Å². The van der Waals surface area contributed by atoms with E-state index in [1.807, 2.05) is 17.5 Å². The number of aromatic nitrogens is 3. The second kappa shape index (κ2) is 8.27. The first-order valence-corrected chi connectivity index (χ1v) is 12.1. The van der Waals surface area contributed by atoms with Gasteiger partial charge in [0.05, 0.1) is 36.7 Å². The molecule has 1 spiro atoms. The van der Waals surface area contributed by atoms with E-state index in [-0.39, 0.29) is 30.2 Å². The van der Waals surface area contributed by atoms with E-state index in [0.29, 0.717) is 19.0 Å². The van der Waals surface area contributed by atoms with E-state index in [1.165, 1.54) is 15.3 Å². The monoisotopic (exact) mass is 445 g/mol. The van der Waals surface area contributed by atoms with Crippen LogP contribution < -0.4 is 5.32 Å². The Hall–Kier alpha value is -1.81. The maximum absolute atomic E-state index is 12.2. The largest absolute Gasteiger partial charge is 0.394 e. The highest BCUT2D eigenvalue weighted by molar-refractivity contribution is 7.12. The smallest absolute Gasteiger partial charge is 0.245 e. The molecule has 3 aliphatic heterocycles. The summed E-state index contributed by atoms with van der Waals surface area (Å²) < 4.78 is 8.09. The summed E-state index contributed by atoms with van der Waals surface area (Å²) in [6.07, 6.45) is 6.51. The first-order valence-electron chi connectivity index (χ1n) is 11.3. The third-order valence-electron chi connectivity index (χ3n) is 7.08. The zero-order valence-corrected chi connectivity index (χ0v) is 19.0. The number of nitrogens with zero attached hydrogens (tertiary/aromatic N) is 4. The summed E-state index contributed by atoms with van der Waals surface area (Å²) in [5, 5.41) is 20.6. The Kier molecular flexibility index (Phi) is 5.62. The van der Waals surface area contributed by atoms with Gasteiger partial charge in [0.15, 0.2) is 0 Å². The Labute approximate surface area is 186 Å². The molecule has 2 N–H and O–H groups in total. The summed E-state index contributed by atoms with van der Waals surface area (Å²) in [4.78, 5) is 17.6. The van der Waals surface area contributed by atoms with Crippen molar-refractivity contribution in [3.05, 3.63) is 33.3 Å². The first-order chi connectivity index (χ1) is 15.0. The van der Waals surface area contributed by atoms with E-state index in [2.05, 4.69) is 40.4 Å². The van der Waals surface area contributed by atoms with Gasteiger partial charge in [-0.25, -0.2) is 4.68 Å². The number of carbonyl (C=O) groups excluding carboxylic acids is 1. The highest BCUT2D eigenvalue weighted by Crippen LogP contribution is 2.46. The average molecular weight is 446 g/mol. The average Bonchev–Trinajstić information content (AvgIpc) is 3.48. The number of aliphatic hydroxyl groups is 1. The van der Waals surface area contributed by atoms with Crippen molar-refractivity contribution in [1.82, 2.24) is 25.2 Å². The third-order valence-corrected chi connectivity index (χ3v) is 8.42. The lowest BCUT2D eigenvalue weighted by Gasteiger charge is -2.47. The molecular weight excluding hydrogens is 414 g/mol. The van der Waals surface area contributed by atoms with Crippen molar-refractivity contribution in [2.45, 2.75) is 76.2 Å². The number of hydrogen-bond acceptors (Lipinski definition) is 7. The van der Waals surface area contributed by atoms with E-state index in [9.17, 15) is 9.90 Å². The molecule has 2 aromatic heterocycles. The van der Waals surface area contributed by atoms with Crippen LogP contribution in [0.1, 0.15) is 60.2 Å². The summed E-state index contributed by atoms with van der Waals surface area (Å²) in [6, 6.07) is 2.16. The normalized spacial score (nSPS) is 31.2. The molecular formula is C22H31N5O3S. The standard InChI is InChI=1S/C22H31N5O3S/c1-3-17-9-18-20(31-17)4-7-30-22(18)5-6-26(14(2)10-22)11-16-12-27(25-24-16)19-8-15(13-28)23-21(19)29/h9,12,14-15,19,28H,3-8,10-11,13H2,1-2H3,(H,23,29)/t14-,15-,19?,22+/m0/s1. The molecule has 0 radical (unpaired) electrons. The van der Waals surface area contributed by atoms with Crippen molar-refractivity contribution >= 4 is 17.2 Å². The second-order valence-electron chi connectivity index (χ2n) is 9.10. The van der Waals surface area contributed by atoms with Gasteiger partial charge in [-0.05, 0) is 37.8 Å².